The van der Waals surface area contributed by atoms with E-state index in [9.17, 15) is 0 Å². The zero-order valence-electron chi connectivity index (χ0n) is 9.52. The van der Waals surface area contributed by atoms with Crippen LogP contribution in [0.15, 0.2) is 16.8 Å². The van der Waals surface area contributed by atoms with Crippen molar-refractivity contribution in [2.45, 2.75) is 26.3 Å². The number of hydrogen-bond donors (Lipinski definition) is 1. The van der Waals surface area contributed by atoms with E-state index >= 15 is 0 Å². The van der Waals surface area contributed by atoms with E-state index in [1.807, 2.05) is 0 Å². The largest absolute Gasteiger partial charge is 0.369 e. The molecule has 0 aliphatic carbocycles. The first-order valence-electron chi connectivity index (χ1n) is 5.69. The smallest absolute Gasteiger partial charge is 0.0475 e. The van der Waals surface area contributed by atoms with Crippen LogP contribution in [-0.2, 0) is 0 Å². The maximum absolute atomic E-state index is 6.12. The van der Waals surface area contributed by atoms with Gasteiger partial charge in [-0.2, -0.15) is 11.3 Å². The van der Waals surface area contributed by atoms with Gasteiger partial charge >= 0.3 is 0 Å². The Morgan fingerprint density at radius 1 is 1.47 bits per heavy atom. The average Bonchev–Trinajstić information content (AvgIpc) is 2.69. The summed E-state index contributed by atoms with van der Waals surface area (Å²) in [6.45, 7) is 6.78. The molecule has 84 valence electrons. The summed E-state index contributed by atoms with van der Waals surface area (Å²) in [5.41, 5.74) is 7.47. The Morgan fingerprint density at radius 3 is 2.87 bits per heavy atom. The minimum atomic E-state index is 0.339. The summed E-state index contributed by atoms with van der Waals surface area (Å²) in [4.78, 5) is 2.44. The van der Waals surface area contributed by atoms with Crippen molar-refractivity contribution >= 4 is 17.0 Å². The molecular formula is C12H20N2S. The van der Waals surface area contributed by atoms with Gasteiger partial charge in [-0.1, -0.05) is 13.8 Å². The number of piperidine rings is 1. The molecule has 2 N–H and O–H groups in total. The van der Waals surface area contributed by atoms with Gasteiger partial charge in [-0.15, -0.1) is 0 Å². The average molecular weight is 224 g/mol. The highest BCUT2D eigenvalue weighted by molar-refractivity contribution is 7.08. The minimum absolute atomic E-state index is 0.339. The molecule has 2 atom stereocenters. The number of anilines is 1. The van der Waals surface area contributed by atoms with Gasteiger partial charge in [0, 0.05) is 30.2 Å². The Morgan fingerprint density at radius 2 is 2.27 bits per heavy atom. The van der Waals surface area contributed by atoms with Gasteiger partial charge in [0.05, 0.1) is 0 Å². The van der Waals surface area contributed by atoms with Crippen molar-refractivity contribution in [2.24, 2.45) is 17.6 Å². The van der Waals surface area contributed by atoms with Crippen LogP contribution in [0.3, 0.4) is 0 Å². The highest BCUT2D eigenvalue weighted by Gasteiger charge is 2.27. The van der Waals surface area contributed by atoms with Gasteiger partial charge in [0.15, 0.2) is 0 Å². The van der Waals surface area contributed by atoms with E-state index in [2.05, 4.69) is 35.6 Å². The van der Waals surface area contributed by atoms with Crippen LogP contribution in [-0.4, -0.2) is 19.1 Å². The monoisotopic (exact) mass is 224 g/mol. The fourth-order valence-corrected chi connectivity index (χ4v) is 2.97. The summed E-state index contributed by atoms with van der Waals surface area (Å²) >= 11 is 1.76. The molecule has 0 amide bonds. The lowest BCUT2D eigenvalue weighted by Crippen LogP contribution is -2.48. The quantitative estimate of drug-likeness (QED) is 0.836. The molecule has 1 saturated heterocycles. The summed E-state index contributed by atoms with van der Waals surface area (Å²) in [7, 11) is 0. The molecule has 15 heavy (non-hydrogen) atoms. The number of hydrogen-bond acceptors (Lipinski definition) is 3. The second-order valence-electron chi connectivity index (χ2n) is 4.89. The third kappa shape index (κ3) is 2.52. The van der Waals surface area contributed by atoms with Crippen molar-refractivity contribution in [3.05, 3.63) is 16.8 Å². The maximum atomic E-state index is 6.12. The van der Waals surface area contributed by atoms with Gasteiger partial charge in [-0.05, 0) is 29.7 Å². The molecule has 2 heterocycles. The highest BCUT2D eigenvalue weighted by Crippen LogP contribution is 2.28. The number of rotatable bonds is 2. The van der Waals surface area contributed by atoms with Crippen molar-refractivity contribution in [3.63, 3.8) is 0 Å². The van der Waals surface area contributed by atoms with Crippen LogP contribution in [0.4, 0.5) is 5.69 Å². The van der Waals surface area contributed by atoms with Gasteiger partial charge in [0.25, 0.3) is 0 Å². The van der Waals surface area contributed by atoms with Gasteiger partial charge in [0.2, 0.25) is 0 Å². The van der Waals surface area contributed by atoms with Gasteiger partial charge in [-0.3, -0.25) is 0 Å². The first-order valence-corrected chi connectivity index (χ1v) is 6.64. The lowest BCUT2D eigenvalue weighted by Gasteiger charge is -2.39. The summed E-state index contributed by atoms with van der Waals surface area (Å²) in [6.07, 6.45) is 1.18. The van der Waals surface area contributed by atoms with Crippen molar-refractivity contribution < 1.29 is 0 Å². The normalized spacial score (nSPS) is 27.3. The van der Waals surface area contributed by atoms with Gasteiger partial charge in [0.1, 0.15) is 0 Å². The lowest BCUT2D eigenvalue weighted by molar-refractivity contribution is 0.298. The van der Waals surface area contributed by atoms with Crippen LogP contribution in [0.1, 0.15) is 20.3 Å². The molecule has 1 aromatic heterocycles. The van der Waals surface area contributed by atoms with Crippen LogP contribution in [0.5, 0.6) is 0 Å². The third-order valence-corrected chi connectivity index (χ3v) is 4.00. The van der Waals surface area contributed by atoms with Gasteiger partial charge in [-0.25, -0.2) is 0 Å². The van der Waals surface area contributed by atoms with E-state index in [-0.39, 0.29) is 0 Å². The van der Waals surface area contributed by atoms with Gasteiger partial charge < -0.3 is 10.6 Å². The zero-order valence-corrected chi connectivity index (χ0v) is 10.3. The molecule has 0 spiro atoms. The number of thiophene rings is 1. The molecule has 1 fully saturated rings. The van der Waals surface area contributed by atoms with Crippen molar-refractivity contribution in [1.82, 2.24) is 0 Å². The second-order valence-corrected chi connectivity index (χ2v) is 5.67. The van der Waals surface area contributed by atoms with Crippen LogP contribution >= 0.6 is 11.3 Å². The molecule has 3 heteroatoms. The van der Waals surface area contributed by atoms with E-state index in [0.29, 0.717) is 6.04 Å². The molecule has 2 nitrogen and oxygen atoms in total. The molecule has 0 aromatic carbocycles. The molecule has 0 saturated carbocycles. The standard InChI is InChI=1S/C12H20N2S/c1-9(2)10-5-11(13)7-14(6-10)12-3-4-15-8-12/h3-4,8-11H,5-7,13H2,1-2H3. The third-order valence-electron chi connectivity index (χ3n) is 3.33. The summed E-state index contributed by atoms with van der Waals surface area (Å²) in [6, 6.07) is 2.53. The SMILES string of the molecule is CC(C)C1CC(N)CN(c2ccsc2)C1. The molecule has 2 unspecified atom stereocenters. The lowest BCUT2D eigenvalue weighted by atomic mass is 9.86. The summed E-state index contributed by atoms with van der Waals surface area (Å²) in [5.74, 6) is 1.48. The number of nitrogens with two attached hydrogens (primary N) is 1. The van der Waals surface area contributed by atoms with E-state index in [1.54, 1.807) is 11.3 Å². The molecule has 0 radical (unpaired) electrons. The molecular weight excluding hydrogens is 204 g/mol. The van der Waals surface area contributed by atoms with Crippen molar-refractivity contribution in [2.75, 3.05) is 18.0 Å². The zero-order chi connectivity index (χ0) is 10.8. The van der Waals surface area contributed by atoms with E-state index in [4.69, 9.17) is 5.73 Å². The predicted octanol–water partition coefficient (Wildman–Crippen LogP) is 2.56. The van der Waals surface area contributed by atoms with Crippen LogP contribution < -0.4 is 10.6 Å². The fourth-order valence-electron chi connectivity index (χ4n) is 2.31. The molecule has 1 aliphatic heterocycles. The fraction of sp³-hybridized carbons (Fsp3) is 0.667. The van der Waals surface area contributed by atoms with Crippen LogP contribution in [0, 0.1) is 11.8 Å². The second kappa shape index (κ2) is 4.54. The van der Waals surface area contributed by atoms with E-state index in [0.717, 1.165) is 18.4 Å². The molecule has 1 aliphatic rings. The summed E-state index contributed by atoms with van der Waals surface area (Å²) in [5, 5.41) is 4.36. The molecule has 1 aromatic rings. The Kier molecular flexibility index (Phi) is 3.32. The highest BCUT2D eigenvalue weighted by atomic mass is 32.1. The first kappa shape index (κ1) is 11.0. The maximum Gasteiger partial charge on any atom is 0.0475 e. The summed E-state index contributed by atoms with van der Waals surface area (Å²) < 4.78 is 0. The Hall–Kier alpha value is -0.540. The first-order chi connectivity index (χ1) is 7.16. The Labute approximate surface area is 96.1 Å². The Bertz CT molecular complexity index is 295. The topological polar surface area (TPSA) is 29.3 Å². The van der Waals surface area contributed by atoms with Crippen LogP contribution in [0.25, 0.3) is 0 Å². The van der Waals surface area contributed by atoms with E-state index in [1.165, 1.54) is 18.7 Å². The van der Waals surface area contributed by atoms with Crippen molar-refractivity contribution in [3.8, 4) is 0 Å². The van der Waals surface area contributed by atoms with Crippen molar-refractivity contribution in [1.29, 1.82) is 0 Å². The predicted molar refractivity (Wildman–Crippen MR) is 67.5 cm³/mol. The number of nitrogens with zero attached hydrogens (tertiary/aromatic N) is 1. The van der Waals surface area contributed by atoms with Crippen LogP contribution in [0.2, 0.25) is 0 Å². The Balaban J connectivity index is 2.07. The molecule has 2 rings (SSSR count). The minimum Gasteiger partial charge on any atom is -0.369 e. The van der Waals surface area contributed by atoms with E-state index < -0.39 is 0 Å². The molecule has 0 bridgehead atoms.